The largest absolute Gasteiger partial charge is 0.434 e. The van der Waals surface area contributed by atoms with Crippen LogP contribution < -0.4 is 4.74 Å². The molecule has 1 aromatic heterocycles. The number of benzene rings is 1. The summed E-state index contributed by atoms with van der Waals surface area (Å²) in [5, 5.41) is 8.63. The maximum Gasteiger partial charge on any atom is 0.387 e. The summed E-state index contributed by atoms with van der Waals surface area (Å²) in [7, 11) is 0. The van der Waals surface area contributed by atoms with Crippen LogP contribution in [-0.2, 0) is 4.74 Å². The van der Waals surface area contributed by atoms with E-state index in [9.17, 15) is 13.2 Å². The third-order valence-corrected chi connectivity index (χ3v) is 6.96. The summed E-state index contributed by atoms with van der Waals surface area (Å²) in [6.07, 6.45) is 8.23. The molecule has 7 heteroatoms. The molecular formula is C26H31F3N2O2. The van der Waals surface area contributed by atoms with Crippen molar-refractivity contribution in [1.29, 1.82) is 5.41 Å². The molecule has 1 saturated carbocycles. The van der Waals surface area contributed by atoms with Crippen LogP contribution in [0.3, 0.4) is 0 Å². The maximum atomic E-state index is 14.9. The smallest absolute Gasteiger partial charge is 0.387 e. The molecule has 0 amide bonds. The van der Waals surface area contributed by atoms with Gasteiger partial charge < -0.3 is 14.9 Å². The van der Waals surface area contributed by atoms with Crippen molar-refractivity contribution in [3.05, 3.63) is 47.5 Å². The third-order valence-electron chi connectivity index (χ3n) is 6.96. The summed E-state index contributed by atoms with van der Waals surface area (Å²) < 4.78 is 51.1. The van der Waals surface area contributed by atoms with E-state index in [2.05, 4.69) is 16.6 Å². The number of aryl methyl sites for hydroxylation is 1. The van der Waals surface area contributed by atoms with Gasteiger partial charge in [0.15, 0.2) is 0 Å². The average molecular weight is 461 g/mol. The van der Waals surface area contributed by atoms with E-state index in [1.54, 1.807) is 19.1 Å². The standard InChI is InChI=1S/C26H31F3N2O2/c1-3-5-20(30)19(12-17-13-26(14-17)10-4-11-32-26)21-8-7-18(15-31-21)23-22(33-25(28)29)9-6-16(2)24(23)27/h6-9,15,17,19,25,30H,3-5,10-14H2,1-2H3. The number of halogens is 3. The molecule has 1 saturated heterocycles. The summed E-state index contributed by atoms with van der Waals surface area (Å²) in [6, 6.07) is 6.25. The Balaban J connectivity index is 1.57. The van der Waals surface area contributed by atoms with Crippen LogP contribution in [0.1, 0.15) is 69.0 Å². The van der Waals surface area contributed by atoms with E-state index >= 15 is 0 Å². The molecule has 33 heavy (non-hydrogen) atoms. The Morgan fingerprint density at radius 2 is 2.06 bits per heavy atom. The topological polar surface area (TPSA) is 55.2 Å². The number of nitrogens with one attached hydrogen (secondary N) is 1. The van der Waals surface area contributed by atoms with Gasteiger partial charge in [0, 0.05) is 35.7 Å². The van der Waals surface area contributed by atoms with Crippen LogP contribution in [-0.4, -0.2) is 29.5 Å². The van der Waals surface area contributed by atoms with Crippen LogP contribution >= 0.6 is 0 Å². The maximum absolute atomic E-state index is 14.9. The van der Waals surface area contributed by atoms with Gasteiger partial charge in [-0.2, -0.15) is 8.78 Å². The minimum Gasteiger partial charge on any atom is -0.434 e. The Labute approximate surface area is 193 Å². The predicted molar refractivity (Wildman–Crippen MR) is 122 cm³/mol. The van der Waals surface area contributed by atoms with E-state index in [1.807, 2.05) is 0 Å². The van der Waals surface area contributed by atoms with Gasteiger partial charge in [0.05, 0.1) is 11.2 Å². The van der Waals surface area contributed by atoms with Gasteiger partial charge >= 0.3 is 6.61 Å². The van der Waals surface area contributed by atoms with Crippen molar-refractivity contribution in [3.63, 3.8) is 0 Å². The molecule has 0 bridgehead atoms. The average Bonchev–Trinajstić information content (AvgIpc) is 3.24. The minimum absolute atomic E-state index is 0.0196. The first kappa shape index (κ1) is 23.7. The molecule has 1 aliphatic heterocycles. The number of pyridine rings is 1. The van der Waals surface area contributed by atoms with E-state index < -0.39 is 12.4 Å². The molecule has 1 unspecified atom stereocenters. The van der Waals surface area contributed by atoms with Gasteiger partial charge in [0.25, 0.3) is 0 Å². The Bertz CT molecular complexity index is 980. The Morgan fingerprint density at radius 3 is 2.67 bits per heavy atom. The second-order valence-corrected chi connectivity index (χ2v) is 9.39. The van der Waals surface area contributed by atoms with Crippen LogP contribution in [0.4, 0.5) is 13.2 Å². The van der Waals surface area contributed by atoms with Crippen molar-refractivity contribution in [2.75, 3.05) is 6.61 Å². The van der Waals surface area contributed by atoms with E-state index in [4.69, 9.17) is 10.1 Å². The highest BCUT2D eigenvalue weighted by Gasteiger charge is 2.47. The zero-order valence-electron chi connectivity index (χ0n) is 19.2. The predicted octanol–water partition coefficient (Wildman–Crippen LogP) is 7.05. The lowest BCUT2D eigenvalue weighted by atomic mass is 9.65. The third kappa shape index (κ3) is 5.08. The van der Waals surface area contributed by atoms with Gasteiger partial charge in [0.2, 0.25) is 0 Å². The van der Waals surface area contributed by atoms with Crippen molar-refractivity contribution in [3.8, 4) is 16.9 Å². The van der Waals surface area contributed by atoms with Gasteiger partial charge in [-0.05, 0) is 69.1 Å². The molecule has 1 spiro atoms. The molecule has 2 aliphatic rings. The molecule has 4 nitrogen and oxygen atoms in total. The molecule has 1 aliphatic carbocycles. The number of alkyl halides is 2. The van der Waals surface area contributed by atoms with E-state index in [1.165, 1.54) is 18.3 Å². The minimum atomic E-state index is -3.05. The zero-order valence-corrected chi connectivity index (χ0v) is 19.2. The second-order valence-electron chi connectivity index (χ2n) is 9.39. The molecule has 1 N–H and O–H groups in total. The number of aromatic nitrogens is 1. The van der Waals surface area contributed by atoms with Gasteiger partial charge in [-0.3, -0.25) is 4.98 Å². The molecule has 0 radical (unpaired) electrons. The number of nitrogens with zero attached hydrogens (tertiary/aromatic N) is 1. The summed E-state index contributed by atoms with van der Waals surface area (Å²) in [5.41, 5.74) is 2.16. The molecule has 2 fully saturated rings. The monoisotopic (exact) mass is 460 g/mol. The van der Waals surface area contributed by atoms with Crippen molar-refractivity contribution < 1.29 is 22.6 Å². The van der Waals surface area contributed by atoms with E-state index in [-0.39, 0.29) is 22.8 Å². The summed E-state index contributed by atoms with van der Waals surface area (Å²) in [6.45, 7) is 1.43. The lowest BCUT2D eigenvalue weighted by molar-refractivity contribution is -0.0927. The fraction of sp³-hybridized carbons (Fsp3) is 0.538. The van der Waals surface area contributed by atoms with Gasteiger partial charge in [0.1, 0.15) is 11.6 Å². The Hall–Kier alpha value is -2.41. The molecule has 1 aromatic carbocycles. The first-order valence-corrected chi connectivity index (χ1v) is 11.7. The van der Waals surface area contributed by atoms with Crippen molar-refractivity contribution in [1.82, 2.24) is 4.98 Å². The first-order valence-electron chi connectivity index (χ1n) is 11.7. The highest BCUT2D eigenvalue weighted by Crippen LogP contribution is 2.50. The summed E-state index contributed by atoms with van der Waals surface area (Å²) in [5.74, 6) is -0.433. The number of ether oxygens (including phenoxy) is 2. The highest BCUT2D eigenvalue weighted by atomic mass is 19.3. The van der Waals surface area contributed by atoms with Crippen LogP contribution in [0.15, 0.2) is 30.5 Å². The Kier molecular flexibility index (Phi) is 7.07. The molecule has 4 rings (SSSR count). The normalized spacial score (nSPS) is 23.0. The number of hydrogen-bond donors (Lipinski definition) is 1. The quantitative estimate of drug-likeness (QED) is 0.408. The van der Waals surface area contributed by atoms with Crippen LogP contribution in [0.25, 0.3) is 11.1 Å². The SMILES string of the molecule is CCCC(=N)C(CC1CC2(CCCO2)C1)c1ccc(-c2c(OC(F)F)ccc(C)c2F)cn1. The molecule has 1 atom stereocenters. The fourth-order valence-electron chi connectivity index (χ4n) is 5.34. The van der Waals surface area contributed by atoms with Crippen LogP contribution in [0.5, 0.6) is 5.75 Å². The van der Waals surface area contributed by atoms with Crippen LogP contribution in [0.2, 0.25) is 0 Å². The van der Waals surface area contributed by atoms with E-state index in [0.717, 1.165) is 50.8 Å². The second kappa shape index (κ2) is 9.84. The summed E-state index contributed by atoms with van der Waals surface area (Å²) in [4.78, 5) is 4.57. The molecule has 178 valence electrons. The van der Waals surface area contributed by atoms with Crippen molar-refractivity contribution in [2.24, 2.45) is 5.92 Å². The number of rotatable bonds is 9. The fourth-order valence-corrected chi connectivity index (χ4v) is 5.34. The molecule has 2 aromatic rings. The zero-order chi connectivity index (χ0) is 23.6. The highest BCUT2D eigenvalue weighted by molar-refractivity contribution is 5.88. The van der Waals surface area contributed by atoms with Gasteiger partial charge in [-0.15, -0.1) is 0 Å². The van der Waals surface area contributed by atoms with E-state index in [0.29, 0.717) is 29.2 Å². The Morgan fingerprint density at radius 1 is 1.27 bits per heavy atom. The van der Waals surface area contributed by atoms with Crippen LogP contribution in [0, 0.1) is 24.1 Å². The van der Waals surface area contributed by atoms with Crippen molar-refractivity contribution in [2.45, 2.75) is 76.9 Å². The lowest BCUT2D eigenvalue weighted by Gasteiger charge is -2.45. The number of hydrogen-bond acceptors (Lipinski definition) is 4. The molecular weight excluding hydrogens is 429 g/mol. The lowest BCUT2D eigenvalue weighted by Crippen LogP contribution is -2.44. The first-order chi connectivity index (χ1) is 15.8. The van der Waals surface area contributed by atoms with Crippen molar-refractivity contribution >= 4 is 5.71 Å². The van der Waals surface area contributed by atoms with Gasteiger partial charge in [-0.1, -0.05) is 25.5 Å². The molecule has 2 heterocycles. The van der Waals surface area contributed by atoms with Gasteiger partial charge in [-0.25, -0.2) is 4.39 Å². The summed E-state index contributed by atoms with van der Waals surface area (Å²) >= 11 is 0.